The zero-order chi connectivity index (χ0) is 14.7. The molecule has 0 aliphatic heterocycles. The van der Waals surface area contributed by atoms with Crippen LogP contribution in [-0.4, -0.2) is 24.4 Å². The molecule has 0 spiro atoms. The van der Waals surface area contributed by atoms with E-state index in [0.29, 0.717) is 11.8 Å². The fraction of sp³-hybridized carbons (Fsp3) is 0.200. The van der Waals surface area contributed by atoms with Gasteiger partial charge < -0.3 is 14.5 Å². The van der Waals surface area contributed by atoms with Crippen LogP contribution < -0.4 is 10.1 Å². The minimum absolute atomic E-state index is 0.116. The van der Waals surface area contributed by atoms with Crippen molar-refractivity contribution >= 4 is 11.3 Å². The summed E-state index contributed by atoms with van der Waals surface area (Å²) in [6.45, 7) is 0. The van der Waals surface area contributed by atoms with Gasteiger partial charge in [0.2, 0.25) is 5.89 Å². The molecule has 6 heteroatoms. The third kappa shape index (κ3) is 2.81. The van der Waals surface area contributed by atoms with Gasteiger partial charge in [-0.1, -0.05) is 30.3 Å². The van der Waals surface area contributed by atoms with E-state index in [1.165, 1.54) is 11.3 Å². The zero-order valence-electron chi connectivity index (χ0n) is 11.7. The van der Waals surface area contributed by atoms with Crippen LogP contribution in [0.15, 0.2) is 46.2 Å². The molecule has 0 aliphatic rings. The van der Waals surface area contributed by atoms with Crippen LogP contribution in [0.4, 0.5) is 0 Å². The predicted molar refractivity (Wildman–Crippen MR) is 81.5 cm³/mol. The molecule has 0 fully saturated rings. The molecule has 0 aliphatic carbocycles. The van der Waals surface area contributed by atoms with E-state index in [-0.39, 0.29) is 6.04 Å². The van der Waals surface area contributed by atoms with E-state index >= 15 is 0 Å². The van der Waals surface area contributed by atoms with Gasteiger partial charge in [-0.05, 0) is 12.6 Å². The minimum atomic E-state index is -0.116. The van der Waals surface area contributed by atoms with Gasteiger partial charge in [-0.15, -0.1) is 21.5 Å². The van der Waals surface area contributed by atoms with E-state index < -0.39 is 0 Å². The molecule has 0 bridgehead atoms. The lowest BCUT2D eigenvalue weighted by atomic mass is 10.1. The molecule has 5 nitrogen and oxygen atoms in total. The third-order valence-electron chi connectivity index (χ3n) is 3.13. The van der Waals surface area contributed by atoms with E-state index in [1.54, 1.807) is 7.11 Å². The molecule has 3 aromatic rings. The lowest BCUT2D eigenvalue weighted by Crippen LogP contribution is -2.17. The van der Waals surface area contributed by atoms with Crippen LogP contribution in [0.1, 0.15) is 17.5 Å². The maximum absolute atomic E-state index is 5.81. The van der Waals surface area contributed by atoms with Gasteiger partial charge in [0.25, 0.3) is 5.89 Å². The molecule has 1 unspecified atom stereocenters. The lowest BCUT2D eigenvalue weighted by Gasteiger charge is -2.11. The van der Waals surface area contributed by atoms with Crippen molar-refractivity contribution in [1.82, 2.24) is 15.5 Å². The summed E-state index contributed by atoms with van der Waals surface area (Å²) in [7, 11) is 3.51. The van der Waals surface area contributed by atoms with Crippen LogP contribution in [0, 0.1) is 0 Å². The van der Waals surface area contributed by atoms with Crippen LogP contribution in [0.5, 0.6) is 5.75 Å². The number of rotatable bonds is 5. The number of thiophene rings is 1. The first kappa shape index (κ1) is 13.8. The Labute approximate surface area is 126 Å². The van der Waals surface area contributed by atoms with Gasteiger partial charge >= 0.3 is 0 Å². The summed E-state index contributed by atoms with van der Waals surface area (Å²) in [6, 6.07) is 11.8. The van der Waals surface area contributed by atoms with E-state index in [9.17, 15) is 0 Å². The number of ether oxygens (including phenoxy) is 1. The van der Waals surface area contributed by atoms with Crippen molar-refractivity contribution in [3.05, 3.63) is 53.2 Å². The molecule has 2 aromatic heterocycles. The summed E-state index contributed by atoms with van der Waals surface area (Å²) in [4.78, 5) is 0.897. The molecule has 1 N–H and O–H groups in total. The second-order valence-electron chi connectivity index (χ2n) is 4.43. The number of nitrogens with zero attached hydrogens (tertiary/aromatic N) is 2. The van der Waals surface area contributed by atoms with Crippen molar-refractivity contribution < 1.29 is 9.15 Å². The van der Waals surface area contributed by atoms with Gasteiger partial charge in [0.15, 0.2) is 0 Å². The molecule has 3 rings (SSSR count). The molecule has 2 heterocycles. The van der Waals surface area contributed by atoms with Crippen LogP contribution in [0.3, 0.4) is 0 Å². The molecule has 0 amide bonds. The Morgan fingerprint density at radius 2 is 2.05 bits per heavy atom. The average molecular weight is 301 g/mol. The van der Waals surface area contributed by atoms with Crippen LogP contribution >= 0.6 is 11.3 Å². The van der Waals surface area contributed by atoms with Crippen molar-refractivity contribution in [3.63, 3.8) is 0 Å². The summed E-state index contributed by atoms with van der Waals surface area (Å²) in [5, 5.41) is 13.4. The Balaban J connectivity index is 1.90. The maximum atomic E-state index is 5.81. The van der Waals surface area contributed by atoms with Gasteiger partial charge in [0.05, 0.1) is 12.0 Å². The van der Waals surface area contributed by atoms with Crippen molar-refractivity contribution in [3.8, 4) is 16.5 Å². The van der Waals surface area contributed by atoms with Gasteiger partial charge in [-0.2, -0.15) is 0 Å². The monoisotopic (exact) mass is 301 g/mol. The summed E-state index contributed by atoms with van der Waals surface area (Å²) in [6.07, 6.45) is 0. The van der Waals surface area contributed by atoms with Gasteiger partial charge in [-0.3, -0.25) is 0 Å². The van der Waals surface area contributed by atoms with Crippen LogP contribution in [0.25, 0.3) is 10.8 Å². The highest BCUT2D eigenvalue weighted by molar-refractivity contribution is 7.13. The van der Waals surface area contributed by atoms with E-state index in [4.69, 9.17) is 9.15 Å². The smallest absolute Gasteiger partial charge is 0.257 e. The average Bonchev–Trinajstić information content (AvgIpc) is 3.18. The largest absolute Gasteiger partial charge is 0.496 e. The summed E-state index contributed by atoms with van der Waals surface area (Å²) in [5.41, 5.74) is 1.08. The lowest BCUT2D eigenvalue weighted by molar-refractivity contribution is 0.416. The molecule has 1 aromatic carbocycles. The van der Waals surface area contributed by atoms with Crippen molar-refractivity contribution in [2.45, 2.75) is 6.04 Å². The molecule has 108 valence electrons. The highest BCUT2D eigenvalue weighted by Gasteiger charge is 2.20. The first-order valence-electron chi connectivity index (χ1n) is 6.50. The standard InChI is InChI=1S/C15H15N3O2S/c1-16-13(10-6-4-3-5-7-10)15-18-17-14(20-15)12-8-11(19-2)9-21-12/h3-9,13,16H,1-2H3. The second-order valence-corrected chi connectivity index (χ2v) is 5.34. The normalized spacial score (nSPS) is 12.3. The van der Waals surface area contributed by atoms with Gasteiger partial charge in [0.1, 0.15) is 11.8 Å². The molecule has 0 saturated carbocycles. The van der Waals surface area contributed by atoms with Crippen molar-refractivity contribution in [2.75, 3.05) is 14.2 Å². The van der Waals surface area contributed by atoms with E-state index in [1.807, 2.05) is 48.8 Å². The van der Waals surface area contributed by atoms with Gasteiger partial charge in [0, 0.05) is 11.4 Å². The van der Waals surface area contributed by atoms with Gasteiger partial charge in [-0.25, -0.2) is 0 Å². The van der Waals surface area contributed by atoms with E-state index in [2.05, 4.69) is 15.5 Å². The molecule has 0 saturated heterocycles. The quantitative estimate of drug-likeness (QED) is 0.784. The maximum Gasteiger partial charge on any atom is 0.257 e. The Morgan fingerprint density at radius 3 is 2.71 bits per heavy atom. The second kappa shape index (κ2) is 6.07. The van der Waals surface area contributed by atoms with Crippen molar-refractivity contribution in [2.24, 2.45) is 0 Å². The number of hydrogen-bond donors (Lipinski definition) is 1. The Bertz CT molecular complexity index is 709. The fourth-order valence-corrected chi connectivity index (χ4v) is 2.84. The predicted octanol–water partition coefficient (Wildman–Crippen LogP) is 3.12. The van der Waals surface area contributed by atoms with Crippen molar-refractivity contribution in [1.29, 1.82) is 0 Å². The summed E-state index contributed by atoms with van der Waals surface area (Å²) in [5.74, 6) is 1.85. The number of aromatic nitrogens is 2. The molecule has 21 heavy (non-hydrogen) atoms. The Kier molecular flexibility index (Phi) is 3.98. The van der Waals surface area contributed by atoms with Crippen LogP contribution in [0.2, 0.25) is 0 Å². The number of hydrogen-bond acceptors (Lipinski definition) is 6. The molecule has 1 atom stereocenters. The molecular weight excluding hydrogens is 286 g/mol. The highest BCUT2D eigenvalue weighted by Crippen LogP contribution is 2.31. The number of benzene rings is 1. The summed E-state index contributed by atoms with van der Waals surface area (Å²) < 4.78 is 11.0. The highest BCUT2D eigenvalue weighted by atomic mass is 32.1. The fourth-order valence-electron chi connectivity index (χ4n) is 2.07. The zero-order valence-corrected chi connectivity index (χ0v) is 12.6. The Hall–Kier alpha value is -2.18. The first-order valence-corrected chi connectivity index (χ1v) is 7.38. The minimum Gasteiger partial charge on any atom is -0.496 e. The third-order valence-corrected chi connectivity index (χ3v) is 4.03. The SMILES string of the molecule is CNC(c1ccccc1)c1nnc(-c2cc(OC)cs2)o1. The number of nitrogens with one attached hydrogen (secondary N) is 1. The molecule has 0 radical (unpaired) electrons. The number of methoxy groups -OCH3 is 1. The topological polar surface area (TPSA) is 60.2 Å². The summed E-state index contributed by atoms with van der Waals surface area (Å²) >= 11 is 1.51. The first-order chi connectivity index (χ1) is 10.3. The molecular formula is C15H15N3O2S. The van der Waals surface area contributed by atoms with E-state index in [0.717, 1.165) is 16.2 Å². The van der Waals surface area contributed by atoms with Crippen LogP contribution in [-0.2, 0) is 0 Å². The Morgan fingerprint density at radius 1 is 1.24 bits per heavy atom.